The number of ether oxygens (including phenoxy) is 2. The molecule has 25 heavy (non-hydrogen) atoms. The molecule has 7 nitrogen and oxygen atoms in total. The van der Waals surface area contributed by atoms with E-state index in [1.165, 1.54) is 0 Å². The maximum absolute atomic E-state index is 11.8. The number of hydrogen-bond donors (Lipinski definition) is 0. The number of nitrogens with zero attached hydrogens (tertiary/aromatic N) is 1. The van der Waals surface area contributed by atoms with E-state index in [0.717, 1.165) is 12.8 Å². The van der Waals surface area contributed by atoms with Gasteiger partial charge in [-0.2, -0.15) is 0 Å². The summed E-state index contributed by atoms with van der Waals surface area (Å²) in [5, 5.41) is 0.478. The van der Waals surface area contributed by atoms with Crippen LogP contribution in [-0.4, -0.2) is 40.8 Å². The molecule has 0 saturated carbocycles. The molecule has 1 saturated heterocycles. The molecule has 0 bridgehead atoms. The van der Waals surface area contributed by atoms with Gasteiger partial charge in [0, 0.05) is 19.3 Å². The molecule has 0 radical (unpaired) electrons. The van der Waals surface area contributed by atoms with E-state index in [9.17, 15) is 14.4 Å². The van der Waals surface area contributed by atoms with Gasteiger partial charge in [0.2, 0.25) is 0 Å². The minimum Gasteiger partial charge on any atom is -0.427 e. The molecule has 0 aliphatic carbocycles. The van der Waals surface area contributed by atoms with E-state index in [1.54, 1.807) is 13.8 Å². The van der Waals surface area contributed by atoms with Gasteiger partial charge in [-0.3, -0.25) is 14.4 Å². The highest BCUT2D eigenvalue weighted by Crippen LogP contribution is 2.26. The molecule has 1 atom stereocenters. The van der Waals surface area contributed by atoms with Crippen LogP contribution in [0.3, 0.4) is 0 Å². The van der Waals surface area contributed by atoms with Crippen molar-refractivity contribution >= 4 is 18.0 Å². The minimum absolute atomic E-state index is 0.0504. The highest BCUT2D eigenvalue weighted by Gasteiger charge is 2.35. The summed E-state index contributed by atoms with van der Waals surface area (Å²) in [6.45, 7) is 12.4. The van der Waals surface area contributed by atoms with Gasteiger partial charge in [0.25, 0.3) is 11.8 Å². The number of hydroxylamine groups is 2. The van der Waals surface area contributed by atoms with Crippen LogP contribution in [0.4, 0.5) is 4.79 Å². The van der Waals surface area contributed by atoms with Gasteiger partial charge in [0.1, 0.15) is 5.60 Å². The molecular weight excluding hydrogens is 326 g/mol. The van der Waals surface area contributed by atoms with Gasteiger partial charge in [-0.1, -0.05) is 25.8 Å². The number of carbonyl (C=O) groups excluding carboxylic acids is 3. The lowest BCUT2D eigenvalue weighted by molar-refractivity contribution is -0.181. The predicted octanol–water partition coefficient (Wildman–Crippen LogP) is 3.60. The molecule has 1 unspecified atom stereocenters. The zero-order valence-corrected chi connectivity index (χ0v) is 16.2. The SMILES string of the molecule is CCC(C)(CC(C)C)OCCC(C)(C)OC(=O)ON1C(=O)CCC1=O. The second kappa shape index (κ2) is 8.65. The first-order valence-electron chi connectivity index (χ1n) is 8.89. The quantitative estimate of drug-likeness (QED) is 0.463. The van der Waals surface area contributed by atoms with Gasteiger partial charge >= 0.3 is 6.16 Å². The van der Waals surface area contributed by atoms with Crippen molar-refractivity contribution < 1.29 is 28.7 Å². The third-order valence-electron chi connectivity index (χ3n) is 4.27. The van der Waals surface area contributed by atoms with Crippen LogP contribution in [0.5, 0.6) is 0 Å². The molecule has 1 fully saturated rings. The van der Waals surface area contributed by atoms with Crippen molar-refractivity contribution in [3.05, 3.63) is 0 Å². The Morgan fingerprint density at radius 3 is 2.20 bits per heavy atom. The van der Waals surface area contributed by atoms with Crippen molar-refractivity contribution in [2.45, 2.75) is 84.8 Å². The molecule has 0 N–H and O–H groups in total. The Labute approximate surface area is 149 Å². The first-order valence-corrected chi connectivity index (χ1v) is 8.89. The fourth-order valence-corrected chi connectivity index (χ4v) is 2.74. The number of amides is 2. The Balaban J connectivity index is 2.45. The van der Waals surface area contributed by atoms with Crippen molar-refractivity contribution in [1.29, 1.82) is 0 Å². The lowest BCUT2D eigenvalue weighted by Gasteiger charge is -2.32. The van der Waals surface area contributed by atoms with Gasteiger partial charge in [0.15, 0.2) is 0 Å². The first kappa shape index (κ1) is 21.4. The molecule has 1 aliphatic heterocycles. The molecular formula is C18H31NO6. The van der Waals surface area contributed by atoms with Gasteiger partial charge in [0.05, 0.1) is 12.2 Å². The van der Waals surface area contributed by atoms with E-state index in [2.05, 4.69) is 27.7 Å². The Morgan fingerprint density at radius 2 is 1.72 bits per heavy atom. The second-order valence-electron chi connectivity index (χ2n) is 7.78. The summed E-state index contributed by atoms with van der Waals surface area (Å²) in [6, 6.07) is 0. The van der Waals surface area contributed by atoms with E-state index in [4.69, 9.17) is 14.3 Å². The predicted molar refractivity (Wildman–Crippen MR) is 91.5 cm³/mol. The summed E-state index contributed by atoms with van der Waals surface area (Å²) in [5.41, 5.74) is -1.05. The van der Waals surface area contributed by atoms with Crippen molar-refractivity contribution in [2.24, 2.45) is 5.92 Å². The molecule has 0 aromatic rings. The highest BCUT2D eigenvalue weighted by atomic mass is 16.8. The van der Waals surface area contributed by atoms with E-state index in [1.807, 2.05) is 0 Å². The van der Waals surface area contributed by atoms with Crippen LogP contribution in [0, 0.1) is 5.92 Å². The maximum atomic E-state index is 11.8. The van der Waals surface area contributed by atoms with Gasteiger partial charge in [-0.25, -0.2) is 4.79 Å². The molecule has 1 heterocycles. The number of hydrogen-bond acceptors (Lipinski definition) is 6. The zero-order chi connectivity index (χ0) is 19.3. The van der Waals surface area contributed by atoms with Crippen molar-refractivity contribution in [2.75, 3.05) is 6.61 Å². The number of imide groups is 1. The summed E-state index contributed by atoms with van der Waals surface area (Å²) < 4.78 is 11.3. The minimum atomic E-state index is -1.06. The normalized spacial score (nSPS) is 17.8. The lowest BCUT2D eigenvalue weighted by Crippen LogP contribution is -2.37. The van der Waals surface area contributed by atoms with Crippen LogP contribution in [0.1, 0.15) is 73.6 Å². The molecule has 2 amide bonds. The van der Waals surface area contributed by atoms with Gasteiger partial charge in [-0.15, -0.1) is 0 Å². The standard InChI is InChI=1S/C18H31NO6/c1-7-18(6,12-13(2)3)23-11-10-17(4,5)24-16(22)25-19-14(20)8-9-15(19)21/h13H,7-12H2,1-6H3. The third kappa shape index (κ3) is 7.02. The smallest absolute Gasteiger partial charge is 0.427 e. The summed E-state index contributed by atoms with van der Waals surface area (Å²) in [5.74, 6) is -0.536. The van der Waals surface area contributed by atoms with Crippen molar-refractivity contribution in [3.63, 3.8) is 0 Å². The van der Waals surface area contributed by atoms with Crippen LogP contribution in [0.25, 0.3) is 0 Å². The van der Waals surface area contributed by atoms with Crippen LogP contribution in [0.15, 0.2) is 0 Å². The monoisotopic (exact) mass is 357 g/mol. The Morgan fingerprint density at radius 1 is 1.16 bits per heavy atom. The topological polar surface area (TPSA) is 82.1 Å². The van der Waals surface area contributed by atoms with Crippen molar-refractivity contribution in [1.82, 2.24) is 5.06 Å². The molecule has 1 aliphatic rings. The maximum Gasteiger partial charge on any atom is 0.534 e. The lowest BCUT2D eigenvalue weighted by atomic mass is 9.91. The van der Waals surface area contributed by atoms with E-state index >= 15 is 0 Å². The molecule has 144 valence electrons. The van der Waals surface area contributed by atoms with E-state index in [0.29, 0.717) is 24.0 Å². The molecule has 1 rings (SSSR count). The van der Waals surface area contributed by atoms with Gasteiger partial charge in [-0.05, 0) is 39.5 Å². The van der Waals surface area contributed by atoms with Crippen molar-refractivity contribution in [3.8, 4) is 0 Å². The molecule has 7 heteroatoms. The average Bonchev–Trinajstić information content (AvgIpc) is 2.77. The Hall–Kier alpha value is -1.63. The Bertz CT molecular complexity index is 486. The van der Waals surface area contributed by atoms with Crippen LogP contribution in [0.2, 0.25) is 0 Å². The average molecular weight is 357 g/mol. The van der Waals surface area contributed by atoms with Gasteiger partial charge < -0.3 is 9.47 Å². The summed E-state index contributed by atoms with van der Waals surface area (Å²) in [6.07, 6.45) is 1.36. The summed E-state index contributed by atoms with van der Waals surface area (Å²) >= 11 is 0. The number of rotatable bonds is 9. The first-order chi connectivity index (χ1) is 11.5. The van der Waals surface area contributed by atoms with E-state index < -0.39 is 23.6 Å². The summed E-state index contributed by atoms with van der Waals surface area (Å²) in [7, 11) is 0. The summed E-state index contributed by atoms with van der Waals surface area (Å²) in [4.78, 5) is 39.4. The Kier molecular flexibility index (Phi) is 7.41. The van der Waals surface area contributed by atoms with Crippen LogP contribution < -0.4 is 0 Å². The fraction of sp³-hybridized carbons (Fsp3) is 0.833. The number of carbonyl (C=O) groups is 3. The largest absolute Gasteiger partial charge is 0.534 e. The van der Waals surface area contributed by atoms with E-state index in [-0.39, 0.29) is 18.4 Å². The highest BCUT2D eigenvalue weighted by molar-refractivity contribution is 6.01. The zero-order valence-electron chi connectivity index (χ0n) is 16.2. The fourth-order valence-electron chi connectivity index (χ4n) is 2.74. The molecule has 0 aromatic heterocycles. The van der Waals surface area contributed by atoms with Crippen LogP contribution in [-0.2, 0) is 23.9 Å². The molecule has 0 aromatic carbocycles. The molecule has 0 spiro atoms. The third-order valence-corrected chi connectivity index (χ3v) is 4.27. The van der Waals surface area contributed by atoms with Crippen LogP contribution >= 0.6 is 0 Å². The second-order valence-corrected chi connectivity index (χ2v) is 7.78.